The Kier molecular flexibility index (Phi) is 4.07. The standard InChI is InChI=1S/C18H15ClN2O/c1-12(21-18(22)16-7-4-10-20-17(16)19)14-9-8-13-5-2-3-6-15(13)11-14/h2-12H,1H3,(H,21,22). The summed E-state index contributed by atoms with van der Waals surface area (Å²) in [5, 5.41) is 5.50. The first-order chi connectivity index (χ1) is 10.6. The Morgan fingerprint density at radius 3 is 2.64 bits per heavy atom. The van der Waals surface area contributed by atoms with Crippen LogP contribution in [0.25, 0.3) is 10.8 Å². The average molecular weight is 311 g/mol. The Morgan fingerprint density at radius 2 is 1.86 bits per heavy atom. The molecule has 1 aromatic heterocycles. The third-order valence-corrected chi connectivity index (χ3v) is 3.93. The van der Waals surface area contributed by atoms with Gasteiger partial charge in [0.05, 0.1) is 11.6 Å². The van der Waals surface area contributed by atoms with Gasteiger partial charge in [0.15, 0.2) is 0 Å². The molecule has 1 atom stereocenters. The van der Waals surface area contributed by atoms with Crippen molar-refractivity contribution in [3.63, 3.8) is 0 Å². The number of halogens is 1. The fourth-order valence-corrected chi connectivity index (χ4v) is 2.60. The average Bonchev–Trinajstić information content (AvgIpc) is 2.54. The minimum absolute atomic E-state index is 0.117. The maximum Gasteiger partial charge on any atom is 0.254 e. The fourth-order valence-electron chi connectivity index (χ4n) is 2.39. The van der Waals surface area contributed by atoms with Crippen LogP contribution in [0.1, 0.15) is 28.9 Å². The van der Waals surface area contributed by atoms with Crippen molar-refractivity contribution in [3.8, 4) is 0 Å². The molecule has 3 rings (SSSR count). The molecule has 0 fully saturated rings. The summed E-state index contributed by atoms with van der Waals surface area (Å²) in [7, 11) is 0. The van der Waals surface area contributed by atoms with Crippen molar-refractivity contribution >= 4 is 28.3 Å². The molecule has 0 saturated carbocycles. The molecule has 3 nitrogen and oxygen atoms in total. The Balaban J connectivity index is 1.82. The summed E-state index contributed by atoms with van der Waals surface area (Å²) in [6.07, 6.45) is 1.56. The van der Waals surface area contributed by atoms with Gasteiger partial charge in [0.1, 0.15) is 5.15 Å². The number of nitrogens with one attached hydrogen (secondary N) is 1. The van der Waals surface area contributed by atoms with Gasteiger partial charge in [-0.05, 0) is 41.5 Å². The molecule has 4 heteroatoms. The fraction of sp³-hybridized carbons (Fsp3) is 0.111. The van der Waals surface area contributed by atoms with Gasteiger partial charge in [-0.15, -0.1) is 0 Å². The first kappa shape index (κ1) is 14.5. The van der Waals surface area contributed by atoms with Gasteiger partial charge < -0.3 is 5.32 Å². The predicted molar refractivity (Wildman–Crippen MR) is 89.1 cm³/mol. The lowest BCUT2D eigenvalue weighted by atomic mass is 10.0. The quantitative estimate of drug-likeness (QED) is 0.729. The second-order valence-corrected chi connectivity index (χ2v) is 5.50. The maximum absolute atomic E-state index is 12.3. The van der Waals surface area contributed by atoms with E-state index >= 15 is 0 Å². The van der Waals surface area contributed by atoms with E-state index in [1.807, 2.05) is 25.1 Å². The number of hydrogen-bond donors (Lipinski definition) is 1. The lowest BCUT2D eigenvalue weighted by Gasteiger charge is -2.15. The number of amides is 1. The highest BCUT2D eigenvalue weighted by molar-refractivity contribution is 6.32. The molecule has 0 aliphatic carbocycles. The number of pyridine rings is 1. The number of hydrogen-bond acceptors (Lipinski definition) is 2. The smallest absolute Gasteiger partial charge is 0.254 e. The Bertz CT molecular complexity index is 832. The Labute approximate surface area is 133 Å². The van der Waals surface area contributed by atoms with Crippen LogP contribution in [0, 0.1) is 0 Å². The zero-order valence-corrected chi connectivity index (χ0v) is 12.8. The normalized spacial score (nSPS) is 12.1. The van der Waals surface area contributed by atoms with Crippen molar-refractivity contribution in [2.45, 2.75) is 13.0 Å². The lowest BCUT2D eigenvalue weighted by molar-refractivity contribution is 0.0939. The van der Waals surface area contributed by atoms with Crippen LogP contribution < -0.4 is 5.32 Å². The molecule has 1 N–H and O–H groups in total. The van der Waals surface area contributed by atoms with Crippen LogP contribution in [0.3, 0.4) is 0 Å². The summed E-state index contributed by atoms with van der Waals surface area (Å²) in [6, 6.07) is 17.6. The van der Waals surface area contributed by atoms with Gasteiger partial charge in [0.2, 0.25) is 0 Å². The number of carbonyl (C=O) groups excluding carboxylic acids is 1. The van der Waals surface area contributed by atoms with E-state index in [0.717, 1.165) is 10.9 Å². The van der Waals surface area contributed by atoms with E-state index in [1.165, 1.54) is 5.39 Å². The van der Waals surface area contributed by atoms with Gasteiger partial charge in [0, 0.05) is 6.20 Å². The minimum Gasteiger partial charge on any atom is -0.345 e. The van der Waals surface area contributed by atoms with Crippen LogP contribution in [0.4, 0.5) is 0 Å². The molecule has 0 aliphatic rings. The van der Waals surface area contributed by atoms with Gasteiger partial charge in [-0.3, -0.25) is 4.79 Å². The van der Waals surface area contributed by atoms with Crippen molar-refractivity contribution in [3.05, 3.63) is 77.1 Å². The number of fused-ring (bicyclic) bond motifs is 1. The summed E-state index contributed by atoms with van der Waals surface area (Å²) < 4.78 is 0. The molecular formula is C18H15ClN2O. The van der Waals surface area contributed by atoms with E-state index in [9.17, 15) is 4.79 Å². The number of benzene rings is 2. The second-order valence-electron chi connectivity index (χ2n) is 5.14. The lowest BCUT2D eigenvalue weighted by Crippen LogP contribution is -2.27. The summed E-state index contributed by atoms with van der Waals surface area (Å²) in [5.74, 6) is -0.223. The van der Waals surface area contributed by atoms with Crippen molar-refractivity contribution in [2.24, 2.45) is 0 Å². The second kappa shape index (κ2) is 6.16. The van der Waals surface area contributed by atoms with Crippen molar-refractivity contribution < 1.29 is 4.79 Å². The minimum atomic E-state index is -0.223. The van der Waals surface area contributed by atoms with Gasteiger partial charge in [-0.25, -0.2) is 4.98 Å². The van der Waals surface area contributed by atoms with Gasteiger partial charge in [0.25, 0.3) is 5.91 Å². The van der Waals surface area contributed by atoms with E-state index in [-0.39, 0.29) is 17.1 Å². The van der Waals surface area contributed by atoms with Crippen molar-refractivity contribution in [1.82, 2.24) is 10.3 Å². The Morgan fingerprint density at radius 1 is 1.09 bits per heavy atom. The SMILES string of the molecule is CC(NC(=O)c1cccnc1Cl)c1ccc2ccccc2c1. The van der Waals surface area contributed by atoms with Crippen LogP contribution in [-0.4, -0.2) is 10.9 Å². The van der Waals surface area contributed by atoms with E-state index < -0.39 is 0 Å². The molecule has 1 amide bonds. The Hall–Kier alpha value is -2.39. The van der Waals surface area contributed by atoms with Crippen LogP contribution in [0.5, 0.6) is 0 Å². The third-order valence-electron chi connectivity index (χ3n) is 3.62. The molecule has 1 heterocycles. The van der Waals surface area contributed by atoms with Crippen LogP contribution >= 0.6 is 11.6 Å². The molecule has 3 aromatic rings. The topological polar surface area (TPSA) is 42.0 Å². The van der Waals surface area contributed by atoms with Gasteiger partial charge >= 0.3 is 0 Å². The van der Waals surface area contributed by atoms with E-state index in [0.29, 0.717) is 5.56 Å². The summed E-state index contributed by atoms with van der Waals surface area (Å²) >= 11 is 5.95. The molecule has 0 aliphatic heterocycles. The van der Waals surface area contributed by atoms with E-state index in [4.69, 9.17) is 11.6 Å². The molecule has 110 valence electrons. The monoisotopic (exact) mass is 310 g/mol. The van der Waals surface area contributed by atoms with E-state index in [2.05, 4.69) is 34.6 Å². The van der Waals surface area contributed by atoms with Gasteiger partial charge in [-0.1, -0.05) is 48.0 Å². The molecule has 22 heavy (non-hydrogen) atoms. The van der Waals surface area contributed by atoms with Crippen LogP contribution in [0.15, 0.2) is 60.8 Å². The summed E-state index contributed by atoms with van der Waals surface area (Å²) in [5.41, 5.74) is 1.43. The first-order valence-corrected chi connectivity index (χ1v) is 7.43. The van der Waals surface area contributed by atoms with Crippen LogP contribution in [-0.2, 0) is 0 Å². The van der Waals surface area contributed by atoms with E-state index in [1.54, 1.807) is 18.3 Å². The number of rotatable bonds is 3. The highest BCUT2D eigenvalue weighted by atomic mass is 35.5. The molecule has 2 aromatic carbocycles. The number of aromatic nitrogens is 1. The largest absolute Gasteiger partial charge is 0.345 e. The predicted octanol–water partition coefficient (Wildman–Crippen LogP) is 4.38. The maximum atomic E-state index is 12.3. The highest BCUT2D eigenvalue weighted by Crippen LogP contribution is 2.21. The van der Waals surface area contributed by atoms with Crippen LogP contribution in [0.2, 0.25) is 5.15 Å². The first-order valence-electron chi connectivity index (χ1n) is 7.05. The molecule has 0 radical (unpaired) electrons. The summed E-state index contributed by atoms with van der Waals surface area (Å²) in [4.78, 5) is 16.2. The molecule has 0 saturated heterocycles. The molecule has 0 spiro atoms. The molecule has 1 unspecified atom stereocenters. The number of nitrogens with zero attached hydrogens (tertiary/aromatic N) is 1. The van der Waals surface area contributed by atoms with Crippen molar-refractivity contribution in [2.75, 3.05) is 0 Å². The van der Waals surface area contributed by atoms with Gasteiger partial charge in [-0.2, -0.15) is 0 Å². The molecular weight excluding hydrogens is 296 g/mol. The zero-order valence-electron chi connectivity index (χ0n) is 12.1. The number of carbonyl (C=O) groups is 1. The van der Waals surface area contributed by atoms with Crippen molar-refractivity contribution in [1.29, 1.82) is 0 Å². The molecule has 0 bridgehead atoms. The zero-order chi connectivity index (χ0) is 15.5. The summed E-state index contributed by atoms with van der Waals surface area (Å²) in [6.45, 7) is 1.95. The highest BCUT2D eigenvalue weighted by Gasteiger charge is 2.14. The third kappa shape index (κ3) is 2.95.